The summed E-state index contributed by atoms with van der Waals surface area (Å²) in [7, 11) is 1.87. The molecule has 0 aromatic carbocycles. The number of rotatable bonds is 4. The van der Waals surface area contributed by atoms with Crippen LogP contribution in [-0.2, 0) is 13.5 Å². The van der Waals surface area contributed by atoms with E-state index in [2.05, 4.69) is 10.1 Å². The van der Waals surface area contributed by atoms with Crippen LogP contribution in [0.5, 0.6) is 0 Å². The molecule has 1 N–H and O–H groups in total. The van der Waals surface area contributed by atoms with Crippen LogP contribution in [0.1, 0.15) is 34.3 Å². The number of hydrogen-bond acceptors (Lipinski definition) is 4. The molecule has 1 saturated heterocycles. The second kappa shape index (κ2) is 6.50. The van der Waals surface area contributed by atoms with Gasteiger partial charge in [0.2, 0.25) is 0 Å². The smallest absolute Gasteiger partial charge is 0.254 e. The van der Waals surface area contributed by atoms with Gasteiger partial charge in [-0.2, -0.15) is 5.10 Å². The summed E-state index contributed by atoms with van der Waals surface area (Å²) in [6.45, 7) is 3.27. The lowest BCUT2D eigenvalue weighted by molar-refractivity contribution is 0.0780. The van der Waals surface area contributed by atoms with Gasteiger partial charge < -0.3 is 10.0 Å². The zero-order chi connectivity index (χ0) is 16.4. The molecule has 3 heterocycles. The lowest BCUT2D eigenvalue weighted by atomic mass is 9.92. The molecule has 0 saturated carbocycles. The first-order valence-electron chi connectivity index (χ1n) is 7.95. The summed E-state index contributed by atoms with van der Waals surface area (Å²) in [6, 6.07) is 1.78. The molecule has 6 nitrogen and oxygen atoms in total. The molecule has 0 bridgehead atoms. The second-order valence-electron chi connectivity index (χ2n) is 6.09. The number of amides is 1. The van der Waals surface area contributed by atoms with Gasteiger partial charge >= 0.3 is 0 Å². The van der Waals surface area contributed by atoms with Gasteiger partial charge in [0, 0.05) is 62.7 Å². The highest BCUT2D eigenvalue weighted by atomic mass is 16.3. The number of pyridine rings is 1. The van der Waals surface area contributed by atoms with E-state index in [4.69, 9.17) is 0 Å². The molecule has 23 heavy (non-hydrogen) atoms. The Morgan fingerprint density at radius 3 is 2.87 bits per heavy atom. The molecule has 2 aromatic rings. The molecule has 3 rings (SSSR count). The van der Waals surface area contributed by atoms with Gasteiger partial charge in [-0.05, 0) is 23.6 Å². The third-order valence-electron chi connectivity index (χ3n) is 4.63. The number of carbonyl (C=O) groups excluding carboxylic acids is 1. The maximum absolute atomic E-state index is 12.9. The van der Waals surface area contributed by atoms with Crippen LogP contribution in [0.4, 0.5) is 0 Å². The van der Waals surface area contributed by atoms with Crippen molar-refractivity contribution in [2.45, 2.75) is 19.3 Å². The van der Waals surface area contributed by atoms with Gasteiger partial charge in [0.05, 0.1) is 6.20 Å². The monoisotopic (exact) mass is 314 g/mol. The van der Waals surface area contributed by atoms with E-state index in [1.165, 1.54) is 0 Å². The summed E-state index contributed by atoms with van der Waals surface area (Å²) < 4.78 is 1.76. The number of aliphatic hydroxyl groups is 1. The Balaban J connectivity index is 1.83. The van der Waals surface area contributed by atoms with Crippen LogP contribution in [0.25, 0.3) is 0 Å². The van der Waals surface area contributed by atoms with Crippen LogP contribution in [0.2, 0.25) is 0 Å². The molecule has 0 unspecified atom stereocenters. The highest BCUT2D eigenvalue weighted by Gasteiger charge is 2.37. The normalized spacial score (nSPS) is 20.9. The van der Waals surface area contributed by atoms with Crippen molar-refractivity contribution in [2.75, 3.05) is 19.7 Å². The lowest BCUT2D eigenvalue weighted by Crippen LogP contribution is -2.30. The molecule has 0 spiro atoms. The fourth-order valence-corrected chi connectivity index (χ4v) is 3.32. The Morgan fingerprint density at radius 2 is 2.22 bits per heavy atom. The van der Waals surface area contributed by atoms with Crippen molar-refractivity contribution in [3.63, 3.8) is 0 Å². The fraction of sp³-hybridized carbons (Fsp3) is 0.471. The SMILES string of the molecule is CCc1cnccc1C(=O)N1C[C@@H](CO)[C@H](c2cnn(C)c2)C1. The first-order valence-corrected chi connectivity index (χ1v) is 7.95. The van der Waals surface area contributed by atoms with Gasteiger partial charge in [-0.1, -0.05) is 6.92 Å². The average molecular weight is 314 g/mol. The number of hydrogen-bond donors (Lipinski definition) is 1. The Bertz CT molecular complexity index is 697. The Hall–Kier alpha value is -2.21. The number of carbonyl (C=O) groups is 1. The Morgan fingerprint density at radius 1 is 1.39 bits per heavy atom. The molecule has 1 amide bonds. The molecule has 1 fully saturated rings. The summed E-state index contributed by atoms with van der Waals surface area (Å²) in [6.07, 6.45) is 7.98. The van der Waals surface area contributed by atoms with Gasteiger partial charge in [0.1, 0.15) is 0 Å². The lowest BCUT2D eigenvalue weighted by Gasteiger charge is -2.18. The van der Waals surface area contributed by atoms with Crippen LogP contribution >= 0.6 is 0 Å². The van der Waals surface area contributed by atoms with Crippen LogP contribution in [-0.4, -0.2) is 50.4 Å². The molecule has 0 radical (unpaired) electrons. The number of aliphatic hydroxyl groups excluding tert-OH is 1. The zero-order valence-electron chi connectivity index (χ0n) is 13.5. The molecule has 2 aromatic heterocycles. The van der Waals surface area contributed by atoms with Crippen molar-refractivity contribution in [3.05, 3.63) is 47.5 Å². The first kappa shape index (κ1) is 15.7. The largest absolute Gasteiger partial charge is 0.396 e. The number of nitrogens with zero attached hydrogens (tertiary/aromatic N) is 4. The van der Waals surface area contributed by atoms with E-state index in [1.807, 2.05) is 31.3 Å². The second-order valence-corrected chi connectivity index (χ2v) is 6.09. The summed E-state index contributed by atoms with van der Waals surface area (Å²) in [4.78, 5) is 18.8. The molecule has 1 aliphatic rings. The van der Waals surface area contributed by atoms with Gasteiger partial charge in [0.25, 0.3) is 5.91 Å². The van der Waals surface area contributed by atoms with E-state index >= 15 is 0 Å². The van der Waals surface area contributed by atoms with E-state index in [0.717, 1.165) is 17.5 Å². The third kappa shape index (κ3) is 2.99. The zero-order valence-corrected chi connectivity index (χ0v) is 13.5. The quantitative estimate of drug-likeness (QED) is 0.921. The topological polar surface area (TPSA) is 71.2 Å². The molecule has 2 atom stereocenters. The minimum Gasteiger partial charge on any atom is -0.396 e. The minimum absolute atomic E-state index is 0.0223. The predicted octanol–water partition coefficient (Wildman–Crippen LogP) is 1.23. The average Bonchev–Trinajstić information content (AvgIpc) is 3.19. The van der Waals surface area contributed by atoms with Crippen molar-refractivity contribution < 1.29 is 9.90 Å². The molecular formula is C17H22N4O2. The Kier molecular flexibility index (Phi) is 4.43. The summed E-state index contributed by atoms with van der Waals surface area (Å²) in [5, 5.41) is 13.9. The number of aryl methyl sites for hydroxylation is 2. The van der Waals surface area contributed by atoms with Gasteiger partial charge in [-0.15, -0.1) is 0 Å². The third-order valence-corrected chi connectivity index (χ3v) is 4.63. The van der Waals surface area contributed by atoms with E-state index in [-0.39, 0.29) is 24.3 Å². The van der Waals surface area contributed by atoms with Crippen molar-refractivity contribution in [1.82, 2.24) is 19.7 Å². The standard InChI is InChI=1S/C17H22N4O2/c1-3-12-6-18-5-4-15(12)17(23)21-9-14(11-22)16(10-21)13-7-19-20(2)8-13/h4-8,14,16,22H,3,9-11H2,1-2H3/t14-,16-/m0/s1. The van der Waals surface area contributed by atoms with Gasteiger partial charge in [0.15, 0.2) is 0 Å². The fourth-order valence-electron chi connectivity index (χ4n) is 3.32. The van der Waals surface area contributed by atoms with Crippen molar-refractivity contribution in [3.8, 4) is 0 Å². The van der Waals surface area contributed by atoms with E-state index in [1.54, 1.807) is 23.1 Å². The summed E-state index contributed by atoms with van der Waals surface area (Å²) in [5.74, 6) is 0.203. The van der Waals surface area contributed by atoms with Crippen molar-refractivity contribution >= 4 is 5.91 Å². The summed E-state index contributed by atoms with van der Waals surface area (Å²) >= 11 is 0. The molecule has 6 heteroatoms. The van der Waals surface area contributed by atoms with Crippen molar-refractivity contribution in [2.24, 2.45) is 13.0 Å². The number of likely N-dealkylation sites (tertiary alicyclic amines) is 1. The molecular weight excluding hydrogens is 292 g/mol. The van der Waals surface area contributed by atoms with Crippen molar-refractivity contribution in [1.29, 1.82) is 0 Å². The predicted molar refractivity (Wildman–Crippen MR) is 86.0 cm³/mol. The first-order chi connectivity index (χ1) is 11.1. The van der Waals surface area contributed by atoms with Crippen LogP contribution in [0.3, 0.4) is 0 Å². The maximum atomic E-state index is 12.9. The van der Waals surface area contributed by atoms with E-state index < -0.39 is 0 Å². The van der Waals surface area contributed by atoms with Crippen LogP contribution in [0.15, 0.2) is 30.9 Å². The number of aromatic nitrogens is 3. The Labute approximate surface area is 135 Å². The molecule has 0 aliphatic carbocycles. The van der Waals surface area contributed by atoms with Gasteiger partial charge in [-0.3, -0.25) is 14.5 Å². The van der Waals surface area contributed by atoms with Crippen LogP contribution in [0, 0.1) is 5.92 Å². The molecule has 122 valence electrons. The molecule has 1 aliphatic heterocycles. The van der Waals surface area contributed by atoms with Crippen LogP contribution < -0.4 is 0 Å². The highest BCUT2D eigenvalue weighted by molar-refractivity contribution is 5.95. The summed E-state index contributed by atoms with van der Waals surface area (Å²) in [5.41, 5.74) is 2.75. The van der Waals surface area contributed by atoms with E-state index in [9.17, 15) is 9.90 Å². The van der Waals surface area contributed by atoms with Gasteiger partial charge in [-0.25, -0.2) is 0 Å². The minimum atomic E-state index is 0.0223. The maximum Gasteiger partial charge on any atom is 0.254 e. The van der Waals surface area contributed by atoms with E-state index in [0.29, 0.717) is 18.7 Å². The highest BCUT2D eigenvalue weighted by Crippen LogP contribution is 2.33.